The summed E-state index contributed by atoms with van der Waals surface area (Å²) in [7, 11) is 1.58. The van der Waals surface area contributed by atoms with Gasteiger partial charge in [-0.25, -0.2) is 9.18 Å². The summed E-state index contributed by atoms with van der Waals surface area (Å²) in [5.41, 5.74) is -0.591. The number of ether oxygens (including phenoxy) is 1. The molecule has 1 heterocycles. The van der Waals surface area contributed by atoms with E-state index in [0.717, 1.165) is 17.2 Å². The third-order valence-corrected chi connectivity index (χ3v) is 4.74. The monoisotopic (exact) mass is 436 g/mol. The van der Waals surface area contributed by atoms with Gasteiger partial charge in [-0.1, -0.05) is 27.7 Å². The molecule has 0 saturated carbocycles. The molecule has 2 rings (SSSR count). The fourth-order valence-corrected chi connectivity index (χ4v) is 3.36. The number of aliphatic hydroxyl groups is 1. The topological polar surface area (TPSA) is 98.4 Å². The Hall–Kier alpha value is -2.68. The van der Waals surface area contributed by atoms with Crippen molar-refractivity contribution in [1.29, 1.82) is 0 Å². The molecular formula is C22H33FN4O4. The maximum absolute atomic E-state index is 15.1. The molecule has 172 valence electrons. The summed E-state index contributed by atoms with van der Waals surface area (Å²) in [6, 6.07) is 2.38. The molecule has 0 spiro atoms. The van der Waals surface area contributed by atoms with Crippen molar-refractivity contribution in [3.8, 4) is 11.4 Å². The van der Waals surface area contributed by atoms with E-state index in [1.54, 1.807) is 7.05 Å². The molecule has 2 N–H and O–H groups in total. The van der Waals surface area contributed by atoms with E-state index < -0.39 is 23.5 Å². The second-order valence-corrected chi connectivity index (χ2v) is 8.68. The Morgan fingerprint density at radius 2 is 1.87 bits per heavy atom. The van der Waals surface area contributed by atoms with Crippen molar-refractivity contribution in [2.45, 2.75) is 66.1 Å². The molecule has 2 aromatic rings. The zero-order valence-corrected chi connectivity index (χ0v) is 19.3. The molecule has 1 aromatic carbocycles. The van der Waals surface area contributed by atoms with Crippen LogP contribution in [0.5, 0.6) is 5.75 Å². The van der Waals surface area contributed by atoms with Gasteiger partial charge in [0.15, 0.2) is 0 Å². The molecule has 31 heavy (non-hydrogen) atoms. The molecule has 0 aliphatic rings. The van der Waals surface area contributed by atoms with Gasteiger partial charge < -0.3 is 15.2 Å². The Labute approximate surface area is 182 Å². The van der Waals surface area contributed by atoms with Crippen LogP contribution in [0, 0.1) is 11.7 Å². The summed E-state index contributed by atoms with van der Waals surface area (Å²) in [5, 5.41) is 16.3. The zero-order chi connectivity index (χ0) is 23.5. The van der Waals surface area contributed by atoms with Crippen molar-refractivity contribution < 1.29 is 19.0 Å². The van der Waals surface area contributed by atoms with Crippen LogP contribution in [-0.4, -0.2) is 44.1 Å². The van der Waals surface area contributed by atoms with Crippen LogP contribution in [0.4, 0.5) is 4.39 Å². The minimum absolute atomic E-state index is 0.00873. The van der Waals surface area contributed by atoms with E-state index in [1.807, 2.05) is 34.6 Å². The fraction of sp³-hybridized carbons (Fsp3) is 0.591. The van der Waals surface area contributed by atoms with Gasteiger partial charge in [-0.05, 0) is 32.3 Å². The average Bonchev–Trinajstić information content (AvgIpc) is 2.95. The predicted octanol–water partition coefficient (Wildman–Crippen LogP) is 2.76. The highest BCUT2D eigenvalue weighted by Gasteiger charge is 2.23. The molecule has 9 heteroatoms. The van der Waals surface area contributed by atoms with Crippen LogP contribution in [0.3, 0.4) is 0 Å². The Morgan fingerprint density at radius 3 is 2.39 bits per heavy atom. The zero-order valence-electron chi connectivity index (χ0n) is 19.3. The van der Waals surface area contributed by atoms with Gasteiger partial charge >= 0.3 is 5.69 Å². The van der Waals surface area contributed by atoms with Crippen LogP contribution >= 0.6 is 0 Å². The van der Waals surface area contributed by atoms with Crippen LogP contribution in [0.1, 0.15) is 70.1 Å². The third kappa shape index (κ3) is 5.94. The number of amides is 1. The first-order chi connectivity index (χ1) is 14.4. The number of hydrogen-bond donors (Lipinski definition) is 2. The van der Waals surface area contributed by atoms with Crippen LogP contribution in [0.15, 0.2) is 16.9 Å². The van der Waals surface area contributed by atoms with Gasteiger partial charge in [0.25, 0.3) is 5.91 Å². The molecule has 0 bridgehead atoms. The van der Waals surface area contributed by atoms with Crippen LogP contribution in [0.25, 0.3) is 5.69 Å². The number of halogens is 1. The molecule has 0 fully saturated rings. The van der Waals surface area contributed by atoms with Crippen molar-refractivity contribution in [3.63, 3.8) is 0 Å². The number of aliphatic hydroxyl groups excluding tert-OH is 1. The predicted molar refractivity (Wildman–Crippen MR) is 116 cm³/mol. The SMILES string of the molecule is CC(C)CC(C)Oc1cc(-n2nc(C(C)C)n(C)c2=O)c(F)cc1C(=O)NCC(C)O. The lowest BCUT2D eigenvalue weighted by Gasteiger charge is -2.20. The first-order valence-electron chi connectivity index (χ1n) is 10.5. The van der Waals surface area contributed by atoms with Crippen molar-refractivity contribution in [2.75, 3.05) is 6.54 Å². The summed E-state index contributed by atoms with van der Waals surface area (Å²) in [6.45, 7) is 11.3. The van der Waals surface area contributed by atoms with Gasteiger partial charge in [0.05, 0.1) is 17.8 Å². The van der Waals surface area contributed by atoms with E-state index in [1.165, 1.54) is 17.6 Å². The lowest BCUT2D eigenvalue weighted by molar-refractivity contribution is 0.0915. The Kier molecular flexibility index (Phi) is 8.00. The number of benzene rings is 1. The number of rotatable bonds is 9. The second kappa shape index (κ2) is 10.1. The summed E-state index contributed by atoms with van der Waals surface area (Å²) >= 11 is 0. The summed E-state index contributed by atoms with van der Waals surface area (Å²) in [5.74, 6) is -0.366. The molecule has 2 unspecified atom stereocenters. The molecular weight excluding hydrogens is 403 g/mol. The Morgan fingerprint density at radius 1 is 1.23 bits per heavy atom. The van der Waals surface area contributed by atoms with Gasteiger partial charge in [-0.3, -0.25) is 9.36 Å². The van der Waals surface area contributed by atoms with Crippen molar-refractivity contribution in [3.05, 3.63) is 39.8 Å². The maximum Gasteiger partial charge on any atom is 0.350 e. The largest absolute Gasteiger partial charge is 0.490 e. The summed E-state index contributed by atoms with van der Waals surface area (Å²) in [4.78, 5) is 25.3. The van der Waals surface area contributed by atoms with Gasteiger partial charge in [0, 0.05) is 25.6 Å². The number of nitrogens with zero attached hydrogens (tertiary/aromatic N) is 3. The van der Waals surface area contributed by atoms with Crippen molar-refractivity contribution in [1.82, 2.24) is 19.7 Å². The summed E-state index contributed by atoms with van der Waals surface area (Å²) < 4.78 is 23.4. The van der Waals surface area contributed by atoms with E-state index in [4.69, 9.17) is 4.74 Å². The molecule has 1 amide bonds. The number of carbonyl (C=O) groups is 1. The van der Waals surface area contributed by atoms with Crippen molar-refractivity contribution in [2.24, 2.45) is 13.0 Å². The highest BCUT2D eigenvalue weighted by Crippen LogP contribution is 2.27. The smallest absolute Gasteiger partial charge is 0.350 e. The Balaban J connectivity index is 2.57. The summed E-state index contributed by atoms with van der Waals surface area (Å²) in [6.07, 6.45) is -0.269. The first kappa shape index (κ1) is 24.6. The van der Waals surface area contributed by atoms with Crippen LogP contribution in [0.2, 0.25) is 0 Å². The van der Waals surface area contributed by atoms with Crippen molar-refractivity contribution >= 4 is 5.91 Å². The van der Waals surface area contributed by atoms with Crippen LogP contribution < -0.4 is 15.7 Å². The van der Waals surface area contributed by atoms with Gasteiger partial charge in [-0.2, -0.15) is 4.68 Å². The fourth-order valence-electron chi connectivity index (χ4n) is 3.36. The van der Waals surface area contributed by atoms with E-state index in [9.17, 15) is 14.7 Å². The average molecular weight is 437 g/mol. The first-order valence-corrected chi connectivity index (χ1v) is 10.5. The lowest BCUT2D eigenvalue weighted by Crippen LogP contribution is -2.31. The highest BCUT2D eigenvalue weighted by atomic mass is 19.1. The van der Waals surface area contributed by atoms with E-state index in [0.29, 0.717) is 11.7 Å². The number of carbonyl (C=O) groups excluding carboxylic acids is 1. The molecule has 0 radical (unpaired) electrons. The molecule has 0 saturated heterocycles. The number of nitrogens with one attached hydrogen (secondary N) is 1. The normalized spacial score (nSPS) is 13.5. The maximum atomic E-state index is 15.1. The third-order valence-electron chi connectivity index (χ3n) is 4.74. The van der Waals surface area contributed by atoms with Gasteiger partial charge in [0.1, 0.15) is 23.1 Å². The number of hydrogen-bond acceptors (Lipinski definition) is 5. The highest BCUT2D eigenvalue weighted by molar-refractivity contribution is 5.97. The van der Waals surface area contributed by atoms with E-state index >= 15 is 4.39 Å². The lowest BCUT2D eigenvalue weighted by atomic mass is 10.1. The minimum atomic E-state index is -0.776. The molecule has 1 aromatic heterocycles. The van der Waals surface area contributed by atoms with E-state index in [2.05, 4.69) is 10.4 Å². The van der Waals surface area contributed by atoms with E-state index in [-0.39, 0.29) is 35.6 Å². The Bertz CT molecular complexity index is 979. The molecule has 0 aliphatic heterocycles. The standard InChI is InChI=1S/C22H33FN4O4/c1-12(2)8-15(6)31-19-10-18(27-22(30)26(7)20(25-27)13(3)4)17(23)9-16(19)21(29)24-11-14(5)28/h9-10,12-15,28H,8,11H2,1-7H3,(H,24,29). The molecule has 8 nitrogen and oxygen atoms in total. The minimum Gasteiger partial charge on any atom is -0.490 e. The number of aromatic nitrogens is 3. The van der Waals surface area contributed by atoms with Gasteiger partial charge in [0.2, 0.25) is 0 Å². The van der Waals surface area contributed by atoms with Gasteiger partial charge in [-0.15, -0.1) is 5.10 Å². The molecule has 0 aliphatic carbocycles. The van der Waals surface area contributed by atoms with Crippen LogP contribution in [-0.2, 0) is 7.05 Å². The molecule has 2 atom stereocenters. The quantitative estimate of drug-likeness (QED) is 0.630. The second-order valence-electron chi connectivity index (χ2n) is 8.68.